The predicted octanol–water partition coefficient (Wildman–Crippen LogP) is 6.27. The summed E-state index contributed by atoms with van der Waals surface area (Å²) in [5.41, 5.74) is 2.58. The van der Waals surface area contributed by atoms with Crippen molar-refractivity contribution in [2.75, 3.05) is 19.0 Å². The molecule has 0 amide bonds. The third-order valence-corrected chi connectivity index (χ3v) is 9.27. The minimum atomic E-state index is -0.965. The summed E-state index contributed by atoms with van der Waals surface area (Å²) in [5.74, 6) is -0.418. The van der Waals surface area contributed by atoms with Crippen LogP contribution in [-0.2, 0) is 24.2 Å². The summed E-state index contributed by atoms with van der Waals surface area (Å²) in [4.78, 5) is 44.1. The van der Waals surface area contributed by atoms with E-state index < -0.39 is 17.0 Å². The van der Waals surface area contributed by atoms with Gasteiger partial charge >= 0.3 is 5.97 Å². The average Bonchev–Trinajstić information content (AvgIpc) is 3.36. The minimum Gasteiger partial charge on any atom is -0.470 e. The van der Waals surface area contributed by atoms with Crippen molar-refractivity contribution in [2.45, 2.75) is 59.7 Å². The molecule has 4 atom stereocenters. The number of carbonyl (C=O) groups is 3. The van der Waals surface area contributed by atoms with Gasteiger partial charge in [-0.1, -0.05) is 43.3 Å². The molecule has 3 aromatic rings. The molecule has 2 unspecified atom stereocenters. The quantitative estimate of drug-likeness (QED) is 0.325. The van der Waals surface area contributed by atoms with Crippen molar-refractivity contribution in [1.29, 1.82) is 0 Å². The normalized spacial score (nSPS) is 24.3. The van der Waals surface area contributed by atoms with Crippen LogP contribution in [0.2, 0.25) is 0 Å². The molecule has 3 aliphatic carbocycles. The molecule has 0 aliphatic heterocycles. The molecule has 0 N–H and O–H groups in total. The van der Waals surface area contributed by atoms with E-state index in [0.29, 0.717) is 35.3 Å². The van der Waals surface area contributed by atoms with Gasteiger partial charge in [0.2, 0.25) is 0 Å². The van der Waals surface area contributed by atoms with Gasteiger partial charge in [-0.05, 0) is 80.3 Å². The number of fused-ring (bicyclic) bond motifs is 4. The highest BCUT2D eigenvalue weighted by Crippen LogP contribution is 2.56. The fourth-order valence-electron chi connectivity index (χ4n) is 7.16. The zero-order chi connectivity index (χ0) is 30.8. The van der Waals surface area contributed by atoms with Crippen LogP contribution < -0.4 is 9.64 Å². The average molecular weight is 583 g/mol. The summed E-state index contributed by atoms with van der Waals surface area (Å²) in [7, 11) is 3.87. The van der Waals surface area contributed by atoms with Crippen LogP contribution in [0.25, 0.3) is 0 Å². The lowest BCUT2D eigenvalue weighted by molar-refractivity contribution is 0.00669. The Morgan fingerprint density at radius 1 is 1.07 bits per heavy atom. The number of Topliss-reactive ketones (excluding diaryl/α,β-unsaturated/α-hetero) is 2. The molecule has 0 fully saturated rings. The minimum absolute atomic E-state index is 0.0156. The standard InChI is InChI=1S/C35H38N2O6/c1-19-22-15-23-26(37(6)7)14-13-21(33(40)42-34(2,3)4)28(23)30(38)24(22)17-35(5)25(19)16-27-29(31(35)39)32(36-43-27)41-18-20-11-9-8-10-12-20/h8-14,17,19,22,25H,15-16,18H2,1-7H3/t19?,22?,25-,35+/m1/s1. The van der Waals surface area contributed by atoms with E-state index >= 15 is 0 Å². The first-order valence-electron chi connectivity index (χ1n) is 14.8. The lowest BCUT2D eigenvalue weighted by Crippen LogP contribution is -2.50. The van der Waals surface area contributed by atoms with Crippen LogP contribution in [0.4, 0.5) is 5.69 Å². The fourth-order valence-corrected chi connectivity index (χ4v) is 7.16. The second kappa shape index (κ2) is 10.2. The maximum Gasteiger partial charge on any atom is 0.339 e. The molecule has 224 valence electrons. The Kier molecular flexibility index (Phi) is 6.86. The van der Waals surface area contributed by atoms with Gasteiger partial charge in [-0.2, -0.15) is 0 Å². The molecule has 3 aliphatic rings. The number of nitrogens with zero attached hydrogens (tertiary/aromatic N) is 2. The van der Waals surface area contributed by atoms with Gasteiger partial charge in [0.1, 0.15) is 17.8 Å². The van der Waals surface area contributed by atoms with Crippen molar-refractivity contribution < 1.29 is 28.4 Å². The molecular weight excluding hydrogens is 544 g/mol. The van der Waals surface area contributed by atoms with Crippen LogP contribution in [0.3, 0.4) is 0 Å². The molecule has 0 saturated heterocycles. The molecular formula is C35H38N2O6. The number of ether oxygens (including phenoxy) is 2. The van der Waals surface area contributed by atoms with E-state index in [1.165, 1.54) is 0 Å². The van der Waals surface area contributed by atoms with Gasteiger partial charge in [-0.15, -0.1) is 0 Å². The number of anilines is 1. The summed E-state index contributed by atoms with van der Waals surface area (Å²) in [6.45, 7) is 9.70. The summed E-state index contributed by atoms with van der Waals surface area (Å²) in [5, 5.41) is 4.14. The molecule has 0 bridgehead atoms. The second-order valence-electron chi connectivity index (χ2n) is 13.5. The second-order valence-corrected chi connectivity index (χ2v) is 13.5. The highest BCUT2D eigenvalue weighted by atomic mass is 16.6. The van der Waals surface area contributed by atoms with Gasteiger partial charge in [0, 0.05) is 37.3 Å². The zero-order valence-corrected chi connectivity index (χ0v) is 25.8. The smallest absolute Gasteiger partial charge is 0.339 e. The van der Waals surface area contributed by atoms with Crippen LogP contribution in [0.5, 0.6) is 5.88 Å². The molecule has 1 aromatic heterocycles. The van der Waals surface area contributed by atoms with Crippen molar-refractivity contribution in [3.8, 4) is 5.88 Å². The molecule has 6 rings (SSSR count). The van der Waals surface area contributed by atoms with Crippen molar-refractivity contribution >= 4 is 23.2 Å². The number of benzene rings is 2. The SMILES string of the molecule is CC1C2Cc3c(N(C)C)ccc(C(=O)OC(C)(C)C)c3C(=O)C2=C[C@]2(C)C(=O)c3c(OCc4ccccc4)noc3C[C@H]12. The number of ketones is 2. The molecule has 43 heavy (non-hydrogen) atoms. The molecule has 1 heterocycles. The Morgan fingerprint density at radius 3 is 2.47 bits per heavy atom. The van der Waals surface area contributed by atoms with Crippen LogP contribution in [0, 0.1) is 23.2 Å². The Balaban J connectivity index is 1.41. The monoisotopic (exact) mass is 582 g/mol. The van der Waals surface area contributed by atoms with Gasteiger partial charge in [0.15, 0.2) is 17.3 Å². The van der Waals surface area contributed by atoms with Gasteiger partial charge in [-0.3, -0.25) is 9.59 Å². The third-order valence-electron chi connectivity index (χ3n) is 9.27. The predicted molar refractivity (Wildman–Crippen MR) is 162 cm³/mol. The van der Waals surface area contributed by atoms with Crippen molar-refractivity contribution in [3.05, 3.63) is 87.7 Å². The summed E-state index contributed by atoms with van der Waals surface area (Å²) < 4.78 is 17.4. The Hall–Kier alpha value is -4.20. The van der Waals surface area contributed by atoms with E-state index in [0.717, 1.165) is 16.8 Å². The first-order chi connectivity index (χ1) is 20.3. The van der Waals surface area contributed by atoms with E-state index in [4.69, 9.17) is 14.0 Å². The fraction of sp³-hybridized carbons (Fsp3) is 0.429. The number of esters is 1. The summed E-state index contributed by atoms with van der Waals surface area (Å²) in [6, 6.07) is 13.2. The van der Waals surface area contributed by atoms with Crippen LogP contribution >= 0.6 is 0 Å². The Labute approximate surface area is 252 Å². The molecule has 0 radical (unpaired) electrons. The van der Waals surface area contributed by atoms with Gasteiger partial charge in [0.05, 0.1) is 11.0 Å². The Morgan fingerprint density at radius 2 is 1.79 bits per heavy atom. The molecule has 8 heteroatoms. The van der Waals surface area contributed by atoms with Crippen LogP contribution in [0.1, 0.15) is 82.6 Å². The lowest BCUT2D eigenvalue weighted by atomic mass is 9.52. The highest BCUT2D eigenvalue weighted by Gasteiger charge is 2.56. The van der Waals surface area contributed by atoms with E-state index in [9.17, 15) is 14.4 Å². The molecule has 2 aromatic carbocycles. The van der Waals surface area contributed by atoms with E-state index in [1.54, 1.807) is 26.8 Å². The van der Waals surface area contributed by atoms with Gasteiger partial charge in [-0.25, -0.2) is 4.79 Å². The molecule has 0 saturated carbocycles. The first-order valence-corrected chi connectivity index (χ1v) is 14.8. The first kappa shape index (κ1) is 28.9. The van der Waals surface area contributed by atoms with E-state index in [2.05, 4.69) is 12.1 Å². The van der Waals surface area contributed by atoms with E-state index in [-0.39, 0.29) is 47.4 Å². The molecule has 0 spiro atoms. The third kappa shape index (κ3) is 4.77. The maximum absolute atomic E-state index is 14.4. The highest BCUT2D eigenvalue weighted by molar-refractivity contribution is 6.18. The number of allylic oxidation sites excluding steroid dienone is 2. The van der Waals surface area contributed by atoms with Crippen molar-refractivity contribution in [1.82, 2.24) is 5.16 Å². The largest absolute Gasteiger partial charge is 0.470 e. The maximum atomic E-state index is 14.4. The van der Waals surface area contributed by atoms with Crippen LogP contribution in [-0.4, -0.2) is 42.4 Å². The summed E-state index contributed by atoms with van der Waals surface area (Å²) >= 11 is 0. The van der Waals surface area contributed by atoms with E-state index in [1.807, 2.05) is 68.4 Å². The molecule has 8 nitrogen and oxygen atoms in total. The van der Waals surface area contributed by atoms with Crippen molar-refractivity contribution in [2.24, 2.45) is 23.2 Å². The van der Waals surface area contributed by atoms with Crippen molar-refractivity contribution in [3.63, 3.8) is 0 Å². The zero-order valence-electron chi connectivity index (χ0n) is 25.8. The van der Waals surface area contributed by atoms with Crippen LogP contribution in [0.15, 0.2) is 58.6 Å². The summed E-state index contributed by atoms with van der Waals surface area (Å²) in [6.07, 6.45) is 2.96. The number of aromatic nitrogens is 1. The number of hydrogen-bond donors (Lipinski definition) is 0. The number of rotatable bonds is 5. The van der Waals surface area contributed by atoms with Gasteiger partial charge in [0.25, 0.3) is 5.88 Å². The topological polar surface area (TPSA) is 98.9 Å². The van der Waals surface area contributed by atoms with Gasteiger partial charge < -0.3 is 18.9 Å². The lowest BCUT2D eigenvalue weighted by Gasteiger charge is -2.49. The Bertz CT molecular complexity index is 1660. The number of carbonyl (C=O) groups excluding carboxylic acids is 3. The number of hydrogen-bond acceptors (Lipinski definition) is 8.